The predicted molar refractivity (Wildman–Crippen MR) is 490 cm³/mol. The SMILES string of the molecule is CC(C)CNC(=O)CCN(CCNC(=O)CCN(CCNC(=O)CCN(CCN)CCC(=O)NCCN(CCC(=O)NCCN(CCC(=O)NCC(C)C)CCC(=O)NCC(C)C)CCC(=O)NCCN(CCC(=O)NCC(C)C)CCC(=O)NCC(C)C)CCC(=O)NCCN(CCC(=O)NCC(C)C)CCC(=O)NCC(C)C)CCC(=O)NCC(C)C. The summed E-state index contributed by atoms with van der Waals surface area (Å²) >= 11 is 0. The molecule has 0 bridgehead atoms. The zero-order chi connectivity index (χ0) is 93.0. The molecule has 0 aliphatic rings. The summed E-state index contributed by atoms with van der Waals surface area (Å²) < 4.78 is 0. The zero-order valence-corrected chi connectivity index (χ0v) is 79.4. The maximum absolute atomic E-state index is 13.6. The number of hydrogen-bond donors (Lipinski definition) is 15. The van der Waals surface area contributed by atoms with Crippen molar-refractivity contribution in [1.29, 1.82) is 0 Å². The van der Waals surface area contributed by atoms with Crippen LogP contribution < -0.4 is 80.2 Å². The number of nitrogens with two attached hydrogens (primary N) is 1. The number of carbonyl (C=O) groups excluding carboxylic acids is 14. The molecule has 0 fully saturated rings. The number of nitrogens with zero attached hydrogens (tertiary/aromatic N) is 7. The van der Waals surface area contributed by atoms with E-state index < -0.39 is 0 Å². The van der Waals surface area contributed by atoms with E-state index in [-0.39, 0.29) is 305 Å². The Hall–Kier alpha value is -7.74. The largest absolute Gasteiger partial charge is 0.356 e. The third kappa shape index (κ3) is 73.5. The van der Waals surface area contributed by atoms with Crippen molar-refractivity contribution in [2.75, 3.05) is 236 Å². The van der Waals surface area contributed by atoms with E-state index in [9.17, 15) is 67.1 Å². The number of nitrogens with one attached hydrogen (secondary N) is 14. The normalized spacial score (nSPS) is 11.7. The van der Waals surface area contributed by atoms with Gasteiger partial charge in [-0.15, -0.1) is 0 Å². The van der Waals surface area contributed by atoms with Crippen LogP contribution in [0.3, 0.4) is 0 Å². The summed E-state index contributed by atoms with van der Waals surface area (Å²) in [5, 5.41) is 41.4. The standard InChI is InChI=1S/C88H172N22O14/c1-67(2)59-96-81(117)23-44-107(45-24-82(118)97-60-68(3)4)55-34-92-77(113)19-40-105(41-20-78(114)93-35-56-108(46-25-83(119)98-61-69(5)6)47-26-84(120)99-62-70(7)8)53-32-90-75(111)17-38-104(52-31-89)39-18-76(112)91-33-54-106(42-21-79(115)94-36-57-109(48-27-85(121)100-63-71(9)10)49-28-86(122)101-64-72(11)12)43-22-80(116)95-37-58-110(50-29-87(123)102-65-73(13)14)51-30-88(124)103-66-74(15)16/h67-74H,17-66,89H2,1-16H3,(H,90,111)(H,91,112)(H,92,113)(H,93,114)(H,94,115)(H,95,116)(H,96,117)(H,97,118)(H,98,119)(H,99,120)(H,100,121)(H,101,122)(H,102,123)(H,103,124). The Morgan fingerprint density at radius 1 is 0.161 bits per heavy atom. The molecule has 0 heterocycles. The van der Waals surface area contributed by atoms with Crippen molar-refractivity contribution < 1.29 is 67.1 Å². The Kier molecular flexibility index (Phi) is 68.7. The molecule has 0 aromatic rings. The summed E-state index contributed by atoms with van der Waals surface area (Å²) in [6.45, 7) is 45.5. The molecule has 0 aromatic heterocycles. The Labute approximate surface area is 744 Å². The summed E-state index contributed by atoms with van der Waals surface area (Å²) in [7, 11) is 0. The third-order valence-electron chi connectivity index (χ3n) is 19.8. The van der Waals surface area contributed by atoms with Crippen molar-refractivity contribution in [3.8, 4) is 0 Å². The van der Waals surface area contributed by atoms with Gasteiger partial charge < -0.3 is 114 Å². The average Bonchev–Trinajstić information content (AvgIpc) is 0.951. The second-order valence-electron chi connectivity index (χ2n) is 35.9. The maximum atomic E-state index is 13.6. The second kappa shape index (κ2) is 73.3. The van der Waals surface area contributed by atoms with Gasteiger partial charge in [-0.2, -0.15) is 0 Å². The van der Waals surface area contributed by atoms with Gasteiger partial charge in [-0.25, -0.2) is 0 Å². The van der Waals surface area contributed by atoms with Gasteiger partial charge >= 0.3 is 0 Å². The van der Waals surface area contributed by atoms with E-state index in [1.165, 1.54) is 0 Å². The second-order valence-corrected chi connectivity index (χ2v) is 35.9. The van der Waals surface area contributed by atoms with Crippen LogP contribution >= 0.6 is 0 Å². The Bertz CT molecular complexity index is 2540. The third-order valence-corrected chi connectivity index (χ3v) is 19.8. The van der Waals surface area contributed by atoms with Crippen LogP contribution in [0, 0.1) is 47.3 Å². The molecule has 0 aromatic carbocycles. The molecular formula is C88H172N22O14. The molecule has 124 heavy (non-hydrogen) atoms. The molecule has 16 N–H and O–H groups in total. The molecule has 0 aliphatic heterocycles. The molecule has 0 saturated carbocycles. The van der Waals surface area contributed by atoms with Crippen LogP contribution in [0.4, 0.5) is 0 Å². The lowest BCUT2D eigenvalue weighted by molar-refractivity contribution is -0.123. The number of carbonyl (C=O) groups is 14. The van der Waals surface area contributed by atoms with Crippen molar-refractivity contribution in [3.63, 3.8) is 0 Å². The van der Waals surface area contributed by atoms with E-state index in [2.05, 4.69) is 74.4 Å². The van der Waals surface area contributed by atoms with E-state index in [0.717, 1.165) is 0 Å². The summed E-state index contributed by atoms with van der Waals surface area (Å²) in [5.74, 6) is -0.0510. The molecule has 718 valence electrons. The Morgan fingerprint density at radius 2 is 0.258 bits per heavy atom. The highest BCUT2D eigenvalue weighted by Gasteiger charge is 2.22. The topological polar surface area (TPSA) is 456 Å². The van der Waals surface area contributed by atoms with Crippen LogP contribution in [0.1, 0.15) is 201 Å². The molecule has 0 radical (unpaired) electrons. The van der Waals surface area contributed by atoms with Gasteiger partial charge in [-0.3, -0.25) is 67.1 Å². The van der Waals surface area contributed by atoms with Gasteiger partial charge in [0.2, 0.25) is 82.7 Å². The first-order chi connectivity index (χ1) is 58.8. The van der Waals surface area contributed by atoms with Gasteiger partial charge in [0, 0.05) is 326 Å². The highest BCUT2D eigenvalue weighted by Crippen LogP contribution is 2.07. The van der Waals surface area contributed by atoms with Crippen LogP contribution in [-0.2, 0) is 67.1 Å². The molecular weight excluding hydrogens is 1590 g/mol. The number of amides is 14. The quantitative estimate of drug-likeness (QED) is 0.0392. The van der Waals surface area contributed by atoms with Crippen molar-refractivity contribution >= 4 is 82.7 Å². The molecule has 36 nitrogen and oxygen atoms in total. The van der Waals surface area contributed by atoms with Crippen LogP contribution in [0.5, 0.6) is 0 Å². The molecule has 0 saturated heterocycles. The minimum absolute atomic E-state index is 0.0645. The van der Waals surface area contributed by atoms with E-state index in [1.807, 2.05) is 145 Å². The van der Waals surface area contributed by atoms with E-state index >= 15 is 0 Å². The van der Waals surface area contributed by atoms with Gasteiger partial charge in [0.25, 0.3) is 0 Å². The van der Waals surface area contributed by atoms with Crippen molar-refractivity contribution in [3.05, 3.63) is 0 Å². The minimum Gasteiger partial charge on any atom is -0.356 e. The summed E-state index contributed by atoms with van der Waals surface area (Å²) in [6, 6.07) is 0. The van der Waals surface area contributed by atoms with Gasteiger partial charge in [-0.05, 0) is 47.3 Å². The van der Waals surface area contributed by atoms with Crippen LogP contribution in [0.15, 0.2) is 0 Å². The summed E-state index contributed by atoms with van der Waals surface area (Å²) in [5.41, 5.74) is 6.06. The van der Waals surface area contributed by atoms with Crippen molar-refractivity contribution in [2.24, 2.45) is 53.1 Å². The van der Waals surface area contributed by atoms with Gasteiger partial charge in [-0.1, -0.05) is 111 Å². The van der Waals surface area contributed by atoms with Gasteiger partial charge in [0.1, 0.15) is 0 Å². The van der Waals surface area contributed by atoms with E-state index in [1.54, 1.807) is 0 Å². The lowest BCUT2D eigenvalue weighted by atomic mass is 10.2. The lowest BCUT2D eigenvalue weighted by Gasteiger charge is -2.24. The highest BCUT2D eigenvalue weighted by molar-refractivity contribution is 5.81. The average molecular weight is 1760 g/mol. The van der Waals surface area contributed by atoms with Gasteiger partial charge in [0.05, 0.1) is 0 Å². The number of hydrogen-bond acceptors (Lipinski definition) is 22. The number of rotatable bonds is 78. The lowest BCUT2D eigenvalue weighted by Crippen LogP contribution is -2.42. The predicted octanol–water partition coefficient (Wildman–Crippen LogP) is 0.395. The van der Waals surface area contributed by atoms with E-state index in [0.29, 0.717) is 151 Å². The zero-order valence-electron chi connectivity index (χ0n) is 79.4. The Morgan fingerprint density at radius 3 is 0.355 bits per heavy atom. The van der Waals surface area contributed by atoms with Crippen molar-refractivity contribution in [2.45, 2.75) is 201 Å². The fourth-order valence-electron chi connectivity index (χ4n) is 12.1. The van der Waals surface area contributed by atoms with Crippen LogP contribution in [0.25, 0.3) is 0 Å². The molecule has 0 spiro atoms. The Balaban J connectivity index is 6.41. The van der Waals surface area contributed by atoms with Crippen LogP contribution in [-0.4, -0.2) is 353 Å². The molecule has 0 unspecified atom stereocenters. The molecule has 14 amide bonds. The first kappa shape index (κ1) is 116. The highest BCUT2D eigenvalue weighted by atomic mass is 16.2. The minimum atomic E-state index is -0.263. The van der Waals surface area contributed by atoms with E-state index in [4.69, 9.17) is 5.73 Å². The molecule has 0 atom stereocenters. The van der Waals surface area contributed by atoms with Crippen molar-refractivity contribution in [1.82, 2.24) is 109 Å². The monoisotopic (exact) mass is 1760 g/mol. The molecule has 0 rings (SSSR count). The fraction of sp³-hybridized carbons (Fsp3) is 0.841. The molecule has 36 heteroatoms. The smallest absolute Gasteiger partial charge is 0.221 e. The summed E-state index contributed by atoms with van der Waals surface area (Å²) in [4.78, 5) is 197. The maximum Gasteiger partial charge on any atom is 0.221 e. The van der Waals surface area contributed by atoms with Crippen LogP contribution in [0.2, 0.25) is 0 Å². The first-order valence-electron chi connectivity index (χ1n) is 46.3. The first-order valence-corrected chi connectivity index (χ1v) is 46.3. The summed E-state index contributed by atoms with van der Waals surface area (Å²) in [6.07, 6.45) is 2.22. The molecule has 0 aliphatic carbocycles. The fourth-order valence-corrected chi connectivity index (χ4v) is 12.1. The van der Waals surface area contributed by atoms with Gasteiger partial charge in [0.15, 0.2) is 0 Å².